The Labute approximate surface area is 175 Å². The van der Waals surface area contributed by atoms with Gasteiger partial charge in [0.05, 0.1) is 12.5 Å². The number of amides is 1. The predicted octanol–water partition coefficient (Wildman–Crippen LogP) is 4.71. The van der Waals surface area contributed by atoms with E-state index in [1.807, 2.05) is 79.7 Å². The zero-order valence-electron chi connectivity index (χ0n) is 16.8. The second kappa shape index (κ2) is 8.82. The molecule has 1 fully saturated rings. The molecule has 1 aliphatic rings. The van der Waals surface area contributed by atoms with Crippen LogP contribution in [0.3, 0.4) is 0 Å². The number of anilines is 1. The molecule has 0 aromatic heterocycles. The van der Waals surface area contributed by atoms with Crippen LogP contribution >= 0.6 is 0 Å². The molecule has 1 saturated heterocycles. The first-order valence-electron chi connectivity index (χ1n) is 10.0. The topological polar surface area (TPSA) is 55.8 Å². The molecule has 0 radical (unpaired) electrons. The van der Waals surface area contributed by atoms with E-state index in [-0.39, 0.29) is 18.3 Å². The van der Waals surface area contributed by atoms with E-state index >= 15 is 0 Å². The lowest BCUT2D eigenvalue weighted by Crippen LogP contribution is -2.27. The fraction of sp³-hybridized carbons (Fsp3) is 0.200. The molecule has 1 heterocycles. The van der Waals surface area contributed by atoms with Gasteiger partial charge in [0, 0.05) is 24.2 Å². The third-order valence-electron chi connectivity index (χ3n) is 5.10. The van der Waals surface area contributed by atoms with Crippen LogP contribution in [0.5, 0.6) is 11.5 Å². The quantitative estimate of drug-likeness (QED) is 0.443. The molecule has 152 valence electrons. The molecule has 0 N–H and O–H groups in total. The zero-order valence-corrected chi connectivity index (χ0v) is 16.8. The van der Waals surface area contributed by atoms with Crippen molar-refractivity contribution in [2.75, 3.05) is 18.1 Å². The van der Waals surface area contributed by atoms with Crippen LogP contribution < -0.4 is 14.4 Å². The third-order valence-corrected chi connectivity index (χ3v) is 5.10. The smallest absolute Gasteiger partial charge is 0.316 e. The molecule has 30 heavy (non-hydrogen) atoms. The SMILES string of the molecule is CCOc1ccc(N2C[C@@H](C(=O)Oc3ccccc3-c3ccccc3)CC2=O)cc1. The molecule has 5 nitrogen and oxygen atoms in total. The molecule has 0 saturated carbocycles. The van der Waals surface area contributed by atoms with Crippen LogP contribution in [0.15, 0.2) is 78.9 Å². The molecule has 0 unspecified atom stereocenters. The zero-order chi connectivity index (χ0) is 20.9. The summed E-state index contributed by atoms with van der Waals surface area (Å²) in [5.74, 6) is 0.271. The molecule has 1 aliphatic heterocycles. The van der Waals surface area contributed by atoms with E-state index in [2.05, 4.69) is 0 Å². The largest absolute Gasteiger partial charge is 0.494 e. The van der Waals surface area contributed by atoms with Gasteiger partial charge in [-0.1, -0.05) is 48.5 Å². The number of esters is 1. The summed E-state index contributed by atoms with van der Waals surface area (Å²) in [7, 11) is 0. The van der Waals surface area contributed by atoms with Crippen LogP contribution in [0.2, 0.25) is 0 Å². The standard InChI is InChI=1S/C25H23NO4/c1-2-29-21-14-12-20(13-15-21)26-17-19(16-24(26)27)25(28)30-23-11-7-6-10-22(23)18-8-4-3-5-9-18/h3-15,19H,2,16-17H2,1H3/t19-/m0/s1. The van der Waals surface area contributed by atoms with Gasteiger partial charge >= 0.3 is 5.97 Å². The molecule has 3 aromatic carbocycles. The Morgan fingerprint density at radius 1 is 0.967 bits per heavy atom. The minimum atomic E-state index is -0.507. The molecule has 4 rings (SSSR count). The predicted molar refractivity (Wildman–Crippen MR) is 116 cm³/mol. The Balaban J connectivity index is 1.47. The molecular formula is C25H23NO4. The van der Waals surface area contributed by atoms with Gasteiger partial charge in [-0.15, -0.1) is 0 Å². The van der Waals surface area contributed by atoms with E-state index in [1.165, 1.54) is 0 Å². The summed E-state index contributed by atoms with van der Waals surface area (Å²) in [6.07, 6.45) is 0.138. The van der Waals surface area contributed by atoms with Crippen molar-refractivity contribution in [1.82, 2.24) is 0 Å². The van der Waals surface area contributed by atoms with Gasteiger partial charge in [-0.3, -0.25) is 9.59 Å². The van der Waals surface area contributed by atoms with Crippen molar-refractivity contribution in [2.45, 2.75) is 13.3 Å². The van der Waals surface area contributed by atoms with Crippen molar-refractivity contribution < 1.29 is 19.1 Å². The summed E-state index contributed by atoms with van der Waals surface area (Å²) in [4.78, 5) is 27.0. The van der Waals surface area contributed by atoms with E-state index in [4.69, 9.17) is 9.47 Å². The maximum atomic E-state index is 12.8. The van der Waals surface area contributed by atoms with Gasteiger partial charge in [-0.25, -0.2) is 0 Å². The van der Waals surface area contributed by atoms with Crippen LogP contribution in [-0.4, -0.2) is 25.0 Å². The van der Waals surface area contributed by atoms with Crippen molar-refractivity contribution in [2.24, 2.45) is 5.92 Å². The summed E-state index contributed by atoms with van der Waals surface area (Å²) >= 11 is 0. The average Bonchev–Trinajstić information content (AvgIpc) is 3.17. The van der Waals surface area contributed by atoms with Crippen molar-refractivity contribution in [1.29, 1.82) is 0 Å². The highest BCUT2D eigenvalue weighted by atomic mass is 16.5. The summed E-state index contributed by atoms with van der Waals surface area (Å²) < 4.78 is 11.2. The van der Waals surface area contributed by atoms with Gasteiger partial charge < -0.3 is 14.4 Å². The molecule has 0 spiro atoms. The van der Waals surface area contributed by atoms with Gasteiger partial charge in [0.15, 0.2) is 0 Å². The van der Waals surface area contributed by atoms with E-state index in [0.717, 1.165) is 22.6 Å². The van der Waals surface area contributed by atoms with E-state index in [1.54, 1.807) is 11.0 Å². The normalized spacial score (nSPS) is 15.8. The number of benzene rings is 3. The number of para-hydroxylation sites is 1. The molecule has 0 aliphatic carbocycles. The Kier molecular flexibility index (Phi) is 5.80. The summed E-state index contributed by atoms with van der Waals surface area (Å²) in [6, 6.07) is 24.5. The number of hydrogen-bond donors (Lipinski definition) is 0. The van der Waals surface area contributed by atoms with Gasteiger partial charge in [0.25, 0.3) is 0 Å². The Morgan fingerprint density at radius 3 is 2.40 bits per heavy atom. The molecule has 1 atom stereocenters. The first-order chi connectivity index (χ1) is 14.7. The van der Waals surface area contributed by atoms with Crippen LogP contribution in [0.4, 0.5) is 5.69 Å². The van der Waals surface area contributed by atoms with Crippen LogP contribution in [-0.2, 0) is 9.59 Å². The van der Waals surface area contributed by atoms with Crippen molar-refractivity contribution >= 4 is 17.6 Å². The first kappa shape index (κ1) is 19.7. The lowest BCUT2D eigenvalue weighted by Gasteiger charge is -2.17. The summed E-state index contributed by atoms with van der Waals surface area (Å²) in [5, 5.41) is 0. The summed E-state index contributed by atoms with van der Waals surface area (Å²) in [6.45, 7) is 2.81. The lowest BCUT2D eigenvalue weighted by atomic mass is 10.0. The molecule has 3 aromatic rings. The highest BCUT2D eigenvalue weighted by molar-refractivity contribution is 5.99. The lowest BCUT2D eigenvalue weighted by molar-refractivity contribution is -0.139. The van der Waals surface area contributed by atoms with Crippen LogP contribution in [0, 0.1) is 5.92 Å². The minimum absolute atomic E-state index is 0.0857. The van der Waals surface area contributed by atoms with Crippen LogP contribution in [0.1, 0.15) is 13.3 Å². The number of nitrogens with zero attached hydrogens (tertiary/aromatic N) is 1. The summed E-state index contributed by atoms with van der Waals surface area (Å²) in [5.41, 5.74) is 2.57. The van der Waals surface area contributed by atoms with Gasteiger partial charge in [-0.05, 0) is 42.8 Å². The van der Waals surface area contributed by atoms with E-state index in [0.29, 0.717) is 18.9 Å². The fourth-order valence-electron chi connectivity index (χ4n) is 3.61. The van der Waals surface area contributed by atoms with Crippen LogP contribution in [0.25, 0.3) is 11.1 Å². The second-order valence-electron chi connectivity index (χ2n) is 7.12. The van der Waals surface area contributed by atoms with E-state index < -0.39 is 5.92 Å². The number of ether oxygens (including phenoxy) is 2. The third kappa shape index (κ3) is 4.20. The van der Waals surface area contributed by atoms with Crippen molar-refractivity contribution in [3.63, 3.8) is 0 Å². The average molecular weight is 401 g/mol. The molecule has 1 amide bonds. The fourth-order valence-corrected chi connectivity index (χ4v) is 3.61. The minimum Gasteiger partial charge on any atom is -0.494 e. The molecule has 5 heteroatoms. The Bertz CT molecular complexity index is 1030. The second-order valence-corrected chi connectivity index (χ2v) is 7.12. The monoisotopic (exact) mass is 401 g/mol. The number of carbonyl (C=O) groups is 2. The van der Waals surface area contributed by atoms with E-state index in [9.17, 15) is 9.59 Å². The first-order valence-corrected chi connectivity index (χ1v) is 10.0. The molecular weight excluding hydrogens is 378 g/mol. The van der Waals surface area contributed by atoms with Crippen molar-refractivity contribution in [3.8, 4) is 22.6 Å². The Hall–Kier alpha value is -3.60. The molecule has 0 bridgehead atoms. The van der Waals surface area contributed by atoms with Gasteiger partial charge in [0.1, 0.15) is 11.5 Å². The Morgan fingerprint density at radius 2 is 1.67 bits per heavy atom. The number of rotatable bonds is 6. The highest BCUT2D eigenvalue weighted by Crippen LogP contribution is 2.32. The van der Waals surface area contributed by atoms with Gasteiger partial charge in [-0.2, -0.15) is 0 Å². The maximum absolute atomic E-state index is 12.8. The van der Waals surface area contributed by atoms with Crippen molar-refractivity contribution in [3.05, 3.63) is 78.9 Å². The number of hydrogen-bond acceptors (Lipinski definition) is 4. The van der Waals surface area contributed by atoms with Gasteiger partial charge in [0.2, 0.25) is 5.91 Å². The maximum Gasteiger partial charge on any atom is 0.316 e. The number of carbonyl (C=O) groups excluding carboxylic acids is 2. The highest BCUT2D eigenvalue weighted by Gasteiger charge is 2.36.